The van der Waals surface area contributed by atoms with Crippen LogP contribution in [0.5, 0.6) is 0 Å². The van der Waals surface area contributed by atoms with Crippen LogP contribution < -0.4 is 10.7 Å². The number of benzene rings is 2. The van der Waals surface area contributed by atoms with Gasteiger partial charge < -0.3 is 10.3 Å². The van der Waals surface area contributed by atoms with Gasteiger partial charge in [-0.05, 0) is 60.5 Å². The minimum absolute atomic E-state index is 0.0940. The minimum atomic E-state index is -0.427. The zero-order chi connectivity index (χ0) is 25.2. The summed E-state index contributed by atoms with van der Waals surface area (Å²) in [6, 6.07) is 21.8. The summed E-state index contributed by atoms with van der Waals surface area (Å²) in [4.78, 5) is 37.8. The van der Waals surface area contributed by atoms with Crippen molar-refractivity contribution in [1.82, 2.24) is 20.3 Å². The highest BCUT2D eigenvalue weighted by atomic mass is 35.5. The van der Waals surface area contributed by atoms with E-state index in [0.717, 1.165) is 5.56 Å². The van der Waals surface area contributed by atoms with E-state index in [9.17, 15) is 14.0 Å². The van der Waals surface area contributed by atoms with E-state index in [2.05, 4.69) is 15.3 Å². The molecule has 6 nitrogen and oxygen atoms in total. The Balaban J connectivity index is 1.63. The maximum absolute atomic E-state index is 13.6. The lowest BCUT2D eigenvalue weighted by Crippen LogP contribution is -2.25. The van der Waals surface area contributed by atoms with Gasteiger partial charge in [0.1, 0.15) is 22.3 Å². The molecule has 0 bridgehead atoms. The van der Waals surface area contributed by atoms with Crippen molar-refractivity contribution < 1.29 is 9.18 Å². The predicted molar refractivity (Wildman–Crippen MR) is 138 cm³/mol. The largest absolute Gasteiger partial charge is 0.347 e. The van der Waals surface area contributed by atoms with Gasteiger partial charge in [-0.3, -0.25) is 9.59 Å². The number of aromatic nitrogens is 3. The summed E-state index contributed by atoms with van der Waals surface area (Å²) in [5.74, 6) is -0.807. The van der Waals surface area contributed by atoms with Crippen LogP contribution in [0.4, 0.5) is 4.39 Å². The van der Waals surface area contributed by atoms with Crippen molar-refractivity contribution >= 4 is 28.5 Å². The molecule has 3 aromatic heterocycles. The second kappa shape index (κ2) is 9.71. The van der Waals surface area contributed by atoms with Crippen LogP contribution in [0.15, 0.2) is 83.7 Å². The molecule has 5 rings (SSSR count). The maximum Gasteiger partial charge on any atom is 0.268 e. The number of carbonyl (C=O) groups excluding carboxylic acids is 1. The lowest BCUT2D eigenvalue weighted by molar-refractivity contribution is 0.0946. The Morgan fingerprint density at radius 2 is 1.72 bits per heavy atom. The van der Waals surface area contributed by atoms with Crippen molar-refractivity contribution in [3.63, 3.8) is 0 Å². The molecule has 5 aromatic rings. The Morgan fingerprint density at radius 1 is 0.972 bits per heavy atom. The van der Waals surface area contributed by atoms with Gasteiger partial charge in [0.2, 0.25) is 0 Å². The van der Waals surface area contributed by atoms with Crippen LogP contribution in [0, 0.1) is 12.7 Å². The van der Waals surface area contributed by atoms with E-state index in [1.54, 1.807) is 24.3 Å². The number of carbonyl (C=O) groups is 1. The van der Waals surface area contributed by atoms with Crippen molar-refractivity contribution in [3.8, 4) is 22.4 Å². The van der Waals surface area contributed by atoms with E-state index in [-0.39, 0.29) is 22.6 Å². The first kappa shape index (κ1) is 23.4. The highest BCUT2D eigenvalue weighted by molar-refractivity contribution is 6.29. The van der Waals surface area contributed by atoms with Crippen LogP contribution in [0.2, 0.25) is 5.15 Å². The van der Waals surface area contributed by atoms with Crippen LogP contribution in [0.25, 0.3) is 33.4 Å². The Morgan fingerprint density at radius 3 is 2.44 bits per heavy atom. The number of amides is 1. The van der Waals surface area contributed by atoms with Gasteiger partial charge in [0.15, 0.2) is 5.43 Å². The molecule has 0 radical (unpaired) electrons. The zero-order valence-corrected chi connectivity index (χ0v) is 19.9. The van der Waals surface area contributed by atoms with Crippen molar-refractivity contribution in [2.24, 2.45) is 0 Å². The van der Waals surface area contributed by atoms with E-state index in [0.29, 0.717) is 45.2 Å². The number of pyridine rings is 3. The highest BCUT2D eigenvalue weighted by Crippen LogP contribution is 2.33. The van der Waals surface area contributed by atoms with Crippen molar-refractivity contribution in [2.45, 2.75) is 13.5 Å². The first-order chi connectivity index (χ1) is 17.4. The summed E-state index contributed by atoms with van der Waals surface area (Å²) in [5, 5.41) is 3.42. The summed E-state index contributed by atoms with van der Waals surface area (Å²) in [6.45, 7) is 2.13. The van der Waals surface area contributed by atoms with Crippen LogP contribution >= 0.6 is 11.6 Å². The summed E-state index contributed by atoms with van der Waals surface area (Å²) >= 11 is 6.20. The fourth-order valence-electron chi connectivity index (χ4n) is 4.00. The van der Waals surface area contributed by atoms with Crippen LogP contribution in [-0.2, 0) is 6.54 Å². The van der Waals surface area contributed by atoms with Gasteiger partial charge in [0, 0.05) is 29.4 Å². The molecule has 0 spiro atoms. The van der Waals surface area contributed by atoms with Crippen molar-refractivity contribution in [1.29, 1.82) is 0 Å². The van der Waals surface area contributed by atoms with Gasteiger partial charge in [-0.1, -0.05) is 41.9 Å². The number of halogens is 2. The van der Waals surface area contributed by atoms with Crippen molar-refractivity contribution in [2.75, 3.05) is 0 Å². The average molecular weight is 499 g/mol. The standard InChI is InChI=1S/C28H20ClFN4O2/c1-16-11-19(12-25(29)32-16)21-13-22-24(35)14-23(28(36)31-15-17-5-3-2-4-6-17)33-27(22)34-26(21)18-7-9-20(30)10-8-18/h2-14H,15H2,1H3,(H,31,36)(H,33,34,35). The normalized spacial score (nSPS) is 11.0. The van der Waals surface area contributed by atoms with Crippen LogP contribution in [-0.4, -0.2) is 20.9 Å². The molecule has 1 amide bonds. The number of aryl methyl sites for hydroxylation is 1. The van der Waals surface area contributed by atoms with Gasteiger partial charge in [-0.25, -0.2) is 14.4 Å². The summed E-state index contributed by atoms with van der Waals surface area (Å²) in [7, 11) is 0. The molecule has 0 unspecified atom stereocenters. The third-order valence-electron chi connectivity index (χ3n) is 5.71. The molecule has 0 saturated carbocycles. The van der Waals surface area contributed by atoms with Gasteiger partial charge in [-0.2, -0.15) is 0 Å². The summed E-state index contributed by atoms with van der Waals surface area (Å²) in [6.07, 6.45) is 0. The summed E-state index contributed by atoms with van der Waals surface area (Å²) in [5.41, 5.74) is 4.09. The third kappa shape index (κ3) is 4.87. The molecule has 0 aliphatic rings. The summed E-state index contributed by atoms with van der Waals surface area (Å²) < 4.78 is 13.6. The number of rotatable bonds is 5. The number of hydrogen-bond acceptors (Lipinski definition) is 4. The zero-order valence-electron chi connectivity index (χ0n) is 19.2. The average Bonchev–Trinajstić information content (AvgIpc) is 2.87. The third-order valence-corrected chi connectivity index (χ3v) is 5.90. The topological polar surface area (TPSA) is 87.7 Å². The first-order valence-electron chi connectivity index (χ1n) is 11.2. The van der Waals surface area contributed by atoms with E-state index in [1.807, 2.05) is 43.3 Å². The van der Waals surface area contributed by atoms with Gasteiger partial charge >= 0.3 is 0 Å². The van der Waals surface area contributed by atoms with Gasteiger partial charge in [0.25, 0.3) is 5.91 Å². The molecule has 0 aliphatic heterocycles. The second-order valence-electron chi connectivity index (χ2n) is 8.32. The molecular formula is C28H20ClFN4O2. The fraction of sp³-hybridized carbons (Fsp3) is 0.0714. The van der Waals surface area contributed by atoms with E-state index in [1.165, 1.54) is 18.2 Å². The second-order valence-corrected chi connectivity index (χ2v) is 8.71. The number of aromatic amines is 1. The fourth-order valence-corrected chi connectivity index (χ4v) is 4.25. The molecule has 2 N–H and O–H groups in total. The van der Waals surface area contributed by atoms with E-state index >= 15 is 0 Å². The molecule has 2 aromatic carbocycles. The molecule has 0 saturated heterocycles. The number of fused-ring (bicyclic) bond motifs is 1. The van der Waals surface area contributed by atoms with Crippen LogP contribution in [0.1, 0.15) is 21.7 Å². The molecule has 0 aliphatic carbocycles. The van der Waals surface area contributed by atoms with Crippen LogP contribution in [0.3, 0.4) is 0 Å². The molecule has 178 valence electrons. The molecule has 8 heteroatoms. The minimum Gasteiger partial charge on any atom is -0.347 e. The molecule has 0 fully saturated rings. The number of nitrogens with one attached hydrogen (secondary N) is 2. The number of hydrogen-bond donors (Lipinski definition) is 2. The molecule has 3 heterocycles. The lowest BCUT2D eigenvalue weighted by Gasteiger charge is -2.13. The molecule has 0 atom stereocenters. The number of H-pyrrole nitrogens is 1. The number of nitrogens with zero attached hydrogens (tertiary/aromatic N) is 2. The van der Waals surface area contributed by atoms with E-state index in [4.69, 9.17) is 16.6 Å². The smallest absolute Gasteiger partial charge is 0.268 e. The lowest BCUT2D eigenvalue weighted by atomic mass is 9.98. The highest BCUT2D eigenvalue weighted by Gasteiger charge is 2.17. The quantitative estimate of drug-likeness (QED) is 0.305. The Hall–Kier alpha value is -4.36. The van der Waals surface area contributed by atoms with Crippen molar-refractivity contribution in [3.05, 3.63) is 117 Å². The Labute approximate surface area is 210 Å². The van der Waals surface area contributed by atoms with E-state index < -0.39 is 5.91 Å². The Bertz CT molecular complexity index is 1630. The predicted octanol–water partition coefficient (Wildman–Crippen LogP) is 5.68. The van der Waals surface area contributed by atoms with Gasteiger partial charge in [-0.15, -0.1) is 0 Å². The maximum atomic E-state index is 13.6. The van der Waals surface area contributed by atoms with Gasteiger partial charge in [0.05, 0.1) is 11.1 Å². The Kier molecular flexibility index (Phi) is 6.31. The first-order valence-corrected chi connectivity index (χ1v) is 11.6. The SMILES string of the molecule is Cc1cc(-c2cc3c(=O)cc(C(=O)NCc4ccccc4)[nH]c3nc2-c2ccc(F)cc2)cc(Cl)n1. The monoisotopic (exact) mass is 498 g/mol. The molecular weight excluding hydrogens is 479 g/mol. The molecule has 36 heavy (non-hydrogen) atoms.